The molecule has 3 nitrogen and oxygen atoms in total. The van der Waals surface area contributed by atoms with Crippen molar-refractivity contribution in [3.63, 3.8) is 0 Å². The van der Waals surface area contributed by atoms with Gasteiger partial charge in [0.2, 0.25) is 0 Å². The van der Waals surface area contributed by atoms with Gasteiger partial charge < -0.3 is 4.90 Å². The van der Waals surface area contributed by atoms with Gasteiger partial charge >= 0.3 is 0 Å². The Morgan fingerprint density at radius 2 is 2.06 bits per heavy atom. The summed E-state index contributed by atoms with van der Waals surface area (Å²) in [6, 6.07) is 3.81. The van der Waals surface area contributed by atoms with E-state index in [1.807, 2.05) is 0 Å². The van der Waals surface area contributed by atoms with E-state index in [1.54, 1.807) is 0 Å². The Hall–Kier alpha value is -0.590. The van der Waals surface area contributed by atoms with Crippen molar-refractivity contribution in [2.75, 3.05) is 13.6 Å². The molecule has 18 heavy (non-hydrogen) atoms. The molecule has 0 spiro atoms. The average Bonchev–Trinajstić information content (AvgIpc) is 3.20. The van der Waals surface area contributed by atoms with Gasteiger partial charge in [0.05, 0.1) is 6.07 Å². The Balaban J connectivity index is 1.97. The van der Waals surface area contributed by atoms with Crippen molar-refractivity contribution < 1.29 is 0 Å². The molecule has 0 amide bonds. The van der Waals surface area contributed by atoms with Gasteiger partial charge in [0, 0.05) is 18.6 Å². The first-order valence-corrected chi connectivity index (χ1v) is 7.50. The average molecular weight is 249 g/mol. The lowest BCUT2D eigenvalue weighted by atomic mass is 9.93. The highest BCUT2D eigenvalue weighted by molar-refractivity contribution is 5.18. The van der Waals surface area contributed by atoms with E-state index in [0.717, 1.165) is 6.54 Å². The summed E-state index contributed by atoms with van der Waals surface area (Å²) in [7, 11) is 2.17. The number of hydrogen-bond acceptors (Lipinski definition) is 3. The van der Waals surface area contributed by atoms with Crippen molar-refractivity contribution >= 4 is 0 Å². The van der Waals surface area contributed by atoms with Crippen LogP contribution in [0, 0.1) is 17.2 Å². The van der Waals surface area contributed by atoms with Crippen LogP contribution in [0.15, 0.2) is 0 Å². The van der Waals surface area contributed by atoms with E-state index in [1.165, 1.54) is 38.5 Å². The Bertz CT molecular complexity index is 314. The number of hydrogen-bond donors (Lipinski definition) is 1. The molecule has 2 aliphatic rings. The van der Waals surface area contributed by atoms with E-state index in [4.69, 9.17) is 0 Å². The van der Waals surface area contributed by atoms with E-state index in [-0.39, 0.29) is 5.54 Å². The largest absolute Gasteiger partial charge is 0.301 e. The Morgan fingerprint density at radius 3 is 2.50 bits per heavy atom. The number of likely N-dealkylation sites (N-methyl/N-ethyl adjacent to an activating group) is 1. The summed E-state index contributed by atoms with van der Waals surface area (Å²) in [4.78, 5) is 2.38. The monoisotopic (exact) mass is 249 g/mol. The SMILES string of the molecule is CCCC(C)N(C)CC(C#N)(NC1CC1)C1CC1. The molecule has 102 valence electrons. The molecule has 0 aromatic carbocycles. The van der Waals surface area contributed by atoms with E-state index < -0.39 is 0 Å². The molecule has 2 atom stereocenters. The lowest BCUT2D eigenvalue weighted by Crippen LogP contribution is -2.55. The standard InChI is InChI=1S/C15H27N3/c1-4-5-12(2)18(3)11-15(10-16,13-6-7-13)17-14-8-9-14/h12-14,17H,4-9,11H2,1-3H3. The van der Waals surface area contributed by atoms with E-state index in [0.29, 0.717) is 18.0 Å². The van der Waals surface area contributed by atoms with Gasteiger partial charge in [0.25, 0.3) is 0 Å². The fourth-order valence-corrected chi connectivity index (χ4v) is 2.81. The van der Waals surface area contributed by atoms with Crippen molar-refractivity contribution in [2.45, 2.75) is 70.0 Å². The Labute approximate surface area is 112 Å². The van der Waals surface area contributed by atoms with Gasteiger partial charge in [0.1, 0.15) is 5.54 Å². The molecule has 0 aromatic rings. The minimum atomic E-state index is -0.280. The molecule has 0 aliphatic heterocycles. The second-order valence-electron chi connectivity index (χ2n) is 6.33. The van der Waals surface area contributed by atoms with Crippen molar-refractivity contribution in [1.29, 1.82) is 5.26 Å². The van der Waals surface area contributed by atoms with Crippen molar-refractivity contribution in [3.8, 4) is 6.07 Å². The highest BCUT2D eigenvalue weighted by Gasteiger charge is 2.48. The van der Waals surface area contributed by atoms with Crippen LogP contribution >= 0.6 is 0 Å². The van der Waals surface area contributed by atoms with Gasteiger partial charge in [-0.05, 0) is 52.0 Å². The molecule has 1 N–H and O–H groups in total. The summed E-state index contributed by atoms with van der Waals surface area (Å²) in [5.74, 6) is 0.583. The molecule has 2 rings (SSSR count). The molecular formula is C15H27N3. The summed E-state index contributed by atoms with van der Waals surface area (Å²) in [6.07, 6.45) is 7.39. The second kappa shape index (κ2) is 5.59. The minimum Gasteiger partial charge on any atom is -0.301 e. The zero-order chi connectivity index (χ0) is 13.2. The minimum absolute atomic E-state index is 0.280. The van der Waals surface area contributed by atoms with Crippen molar-refractivity contribution in [1.82, 2.24) is 10.2 Å². The zero-order valence-electron chi connectivity index (χ0n) is 12.1. The summed E-state index contributed by atoms with van der Waals surface area (Å²) >= 11 is 0. The highest BCUT2D eigenvalue weighted by Crippen LogP contribution is 2.41. The number of nitrogens with one attached hydrogen (secondary N) is 1. The first-order chi connectivity index (χ1) is 8.61. The molecule has 2 saturated carbocycles. The third kappa shape index (κ3) is 3.24. The molecule has 0 aromatic heterocycles. The number of nitrogens with zero attached hydrogens (tertiary/aromatic N) is 2. The van der Waals surface area contributed by atoms with E-state index in [9.17, 15) is 5.26 Å². The molecule has 3 heteroatoms. The molecule has 0 radical (unpaired) electrons. The van der Waals surface area contributed by atoms with Crippen LogP contribution < -0.4 is 5.32 Å². The van der Waals surface area contributed by atoms with Gasteiger partial charge in [-0.25, -0.2) is 0 Å². The molecule has 0 saturated heterocycles. The first-order valence-electron chi connectivity index (χ1n) is 7.50. The van der Waals surface area contributed by atoms with Crippen LogP contribution in [0.3, 0.4) is 0 Å². The van der Waals surface area contributed by atoms with E-state index >= 15 is 0 Å². The van der Waals surface area contributed by atoms with Gasteiger partial charge in [-0.15, -0.1) is 0 Å². The molecule has 2 fully saturated rings. The van der Waals surface area contributed by atoms with Crippen LogP contribution in [0.4, 0.5) is 0 Å². The Kier molecular flexibility index (Phi) is 4.29. The zero-order valence-corrected chi connectivity index (χ0v) is 12.1. The third-order valence-electron chi connectivity index (χ3n) is 4.47. The highest BCUT2D eigenvalue weighted by atomic mass is 15.2. The topological polar surface area (TPSA) is 39.1 Å². The summed E-state index contributed by atoms with van der Waals surface area (Å²) in [6.45, 7) is 5.38. The lowest BCUT2D eigenvalue weighted by molar-refractivity contribution is 0.177. The Morgan fingerprint density at radius 1 is 1.39 bits per heavy atom. The van der Waals surface area contributed by atoms with Gasteiger partial charge in [0.15, 0.2) is 0 Å². The van der Waals surface area contributed by atoms with Crippen LogP contribution in [0.5, 0.6) is 0 Å². The molecule has 2 aliphatic carbocycles. The lowest BCUT2D eigenvalue weighted by Gasteiger charge is -2.35. The van der Waals surface area contributed by atoms with Crippen molar-refractivity contribution in [3.05, 3.63) is 0 Å². The fraction of sp³-hybridized carbons (Fsp3) is 0.933. The summed E-state index contributed by atoms with van der Waals surface area (Å²) in [5.41, 5.74) is -0.280. The third-order valence-corrected chi connectivity index (χ3v) is 4.47. The number of nitriles is 1. The predicted molar refractivity (Wildman–Crippen MR) is 74.2 cm³/mol. The first kappa shape index (κ1) is 13.8. The molecule has 0 bridgehead atoms. The summed E-state index contributed by atoms with van der Waals surface area (Å²) in [5, 5.41) is 13.3. The molecule has 0 heterocycles. The normalized spacial score (nSPS) is 24.6. The number of rotatable bonds is 8. The maximum atomic E-state index is 9.69. The van der Waals surface area contributed by atoms with Crippen molar-refractivity contribution in [2.24, 2.45) is 5.92 Å². The van der Waals surface area contributed by atoms with Crippen LogP contribution in [-0.4, -0.2) is 36.1 Å². The predicted octanol–water partition coefficient (Wildman–Crippen LogP) is 2.53. The van der Waals surface area contributed by atoms with E-state index in [2.05, 4.69) is 37.2 Å². The van der Waals surface area contributed by atoms with Gasteiger partial charge in [-0.2, -0.15) is 5.26 Å². The van der Waals surface area contributed by atoms with Crippen LogP contribution in [0.1, 0.15) is 52.4 Å². The maximum absolute atomic E-state index is 9.69. The quantitative estimate of drug-likeness (QED) is 0.718. The maximum Gasteiger partial charge on any atom is 0.122 e. The molecule has 2 unspecified atom stereocenters. The van der Waals surface area contributed by atoms with Gasteiger partial charge in [-0.1, -0.05) is 13.3 Å². The van der Waals surface area contributed by atoms with Gasteiger partial charge in [-0.3, -0.25) is 5.32 Å². The van der Waals surface area contributed by atoms with Crippen LogP contribution in [0.2, 0.25) is 0 Å². The second-order valence-corrected chi connectivity index (χ2v) is 6.33. The summed E-state index contributed by atoms with van der Waals surface area (Å²) < 4.78 is 0. The van der Waals surface area contributed by atoms with Crippen LogP contribution in [-0.2, 0) is 0 Å². The smallest absolute Gasteiger partial charge is 0.122 e. The fourth-order valence-electron chi connectivity index (χ4n) is 2.81. The molecular weight excluding hydrogens is 222 g/mol. The van der Waals surface area contributed by atoms with Crippen LogP contribution in [0.25, 0.3) is 0 Å².